The van der Waals surface area contributed by atoms with Gasteiger partial charge in [0.2, 0.25) is 5.91 Å². The van der Waals surface area contributed by atoms with E-state index in [2.05, 4.69) is 10.3 Å². The van der Waals surface area contributed by atoms with Gasteiger partial charge in [0.1, 0.15) is 5.65 Å². The molecule has 0 aromatic carbocycles. The van der Waals surface area contributed by atoms with Crippen LogP contribution in [-0.4, -0.2) is 32.5 Å². The maximum Gasteiger partial charge on any atom is 0.226 e. The fourth-order valence-corrected chi connectivity index (χ4v) is 3.39. The molecular formula is C18H25N3O2. The van der Waals surface area contributed by atoms with Crippen LogP contribution < -0.4 is 5.32 Å². The first-order valence-electron chi connectivity index (χ1n) is 8.54. The van der Waals surface area contributed by atoms with Crippen molar-refractivity contribution in [3.8, 4) is 0 Å². The summed E-state index contributed by atoms with van der Waals surface area (Å²) in [5.74, 6) is -0.0436. The molecule has 2 heterocycles. The number of fused-ring (bicyclic) bond motifs is 1. The number of hydrogen-bond acceptors (Lipinski definition) is 3. The zero-order valence-corrected chi connectivity index (χ0v) is 13.7. The van der Waals surface area contributed by atoms with Gasteiger partial charge in [-0.05, 0) is 31.4 Å². The average Bonchev–Trinajstić information content (AvgIpc) is 2.92. The van der Waals surface area contributed by atoms with E-state index in [4.69, 9.17) is 0 Å². The number of nitrogens with one attached hydrogen (secondary N) is 1. The van der Waals surface area contributed by atoms with E-state index in [1.807, 2.05) is 29.7 Å². The van der Waals surface area contributed by atoms with Crippen molar-refractivity contribution in [1.82, 2.24) is 14.7 Å². The minimum Gasteiger partial charge on any atom is -0.391 e. The summed E-state index contributed by atoms with van der Waals surface area (Å²) in [5.41, 5.74) is 2.86. The van der Waals surface area contributed by atoms with Crippen LogP contribution in [-0.2, 0) is 11.2 Å². The number of carbonyl (C=O) groups is 1. The van der Waals surface area contributed by atoms with Crippen LogP contribution >= 0.6 is 0 Å². The molecule has 1 aliphatic carbocycles. The Morgan fingerprint density at radius 1 is 1.35 bits per heavy atom. The zero-order valence-electron chi connectivity index (χ0n) is 13.7. The van der Waals surface area contributed by atoms with Crippen molar-refractivity contribution in [3.05, 3.63) is 35.8 Å². The molecule has 0 spiro atoms. The number of pyridine rings is 1. The van der Waals surface area contributed by atoms with Gasteiger partial charge < -0.3 is 14.8 Å². The molecule has 0 bridgehead atoms. The van der Waals surface area contributed by atoms with E-state index in [1.165, 1.54) is 12.8 Å². The second-order valence-electron chi connectivity index (χ2n) is 6.54. The van der Waals surface area contributed by atoms with Crippen molar-refractivity contribution >= 4 is 11.6 Å². The predicted molar refractivity (Wildman–Crippen MR) is 89.3 cm³/mol. The summed E-state index contributed by atoms with van der Waals surface area (Å²) in [6.45, 7) is 2.01. The molecule has 23 heavy (non-hydrogen) atoms. The number of nitrogens with zero attached hydrogens (tertiary/aromatic N) is 2. The Kier molecular flexibility index (Phi) is 4.96. The Morgan fingerprint density at radius 2 is 2.13 bits per heavy atom. The van der Waals surface area contributed by atoms with Gasteiger partial charge >= 0.3 is 0 Å². The van der Waals surface area contributed by atoms with Crippen LogP contribution in [0.4, 0.5) is 0 Å². The number of aliphatic hydroxyl groups excluding tert-OH is 1. The second kappa shape index (κ2) is 7.13. The topological polar surface area (TPSA) is 66.6 Å². The largest absolute Gasteiger partial charge is 0.391 e. The normalized spacial score (nSPS) is 22.5. The smallest absolute Gasteiger partial charge is 0.226 e. The fraction of sp³-hybridized carbons (Fsp3) is 0.556. The molecule has 0 unspecified atom stereocenters. The maximum atomic E-state index is 12.4. The third-order valence-corrected chi connectivity index (χ3v) is 4.73. The van der Waals surface area contributed by atoms with Crippen LogP contribution in [0.3, 0.4) is 0 Å². The van der Waals surface area contributed by atoms with E-state index in [1.54, 1.807) is 6.20 Å². The lowest BCUT2D eigenvalue weighted by molar-refractivity contribution is -0.122. The number of aryl methyl sites for hydroxylation is 1. The summed E-state index contributed by atoms with van der Waals surface area (Å²) < 4.78 is 1.96. The molecule has 0 radical (unpaired) electrons. The molecule has 0 aliphatic heterocycles. The van der Waals surface area contributed by atoms with Gasteiger partial charge in [-0.2, -0.15) is 0 Å². The fourth-order valence-electron chi connectivity index (χ4n) is 3.39. The molecule has 2 aromatic rings. The SMILES string of the molecule is Cc1cccn2c(CC(=O)N[C@H]3CCCCCC[C@@H]3O)cnc12. The highest BCUT2D eigenvalue weighted by Crippen LogP contribution is 2.18. The average molecular weight is 315 g/mol. The van der Waals surface area contributed by atoms with Crippen LogP contribution in [0.2, 0.25) is 0 Å². The lowest BCUT2D eigenvalue weighted by Crippen LogP contribution is -2.44. The minimum atomic E-state index is -0.427. The molecular weight excluding hydrogens is 290 g/mol. The molecule has 3 rings (SSSR count). The monoisotopic (exact) mass is 315 g/mol. The van der Waals surface area contributed by atoms with Gasteiger partial charge in [-0.25, -0.2) is 4.98 Å². The van der Waals surface area contributed by atoms with Crippen molar-refractivity contribution in [2.45, 2.75) is 64.0 Å². The molecule has 0 saturated heterocycles. The van der Waals surface area contributed by atoms with Crippen molar-refractivity contribution in [2.75, 3.05) is 0 Å². The van der Waals surface area contributed by atoms with Crippen LogP contribution in [0.15, 0.2) is 24.5 Å². The Hall–Kier alpha value is -1.88. The first kappa shape index (κ1) is 16.0. The number of rotatable bonds is 3. The third kappa shape index (κ3) is 3.72. The Labute approximate surface area is 136 Å². The van der Waals surface area contributed by atoms with Crippen molar-refractivity contribution in [3.63, 3.8) is 0 Å². The summed E-state index contributed by atoms with van der Waals surface area (Å²) in [7, 11) is 0. The Morgan fingerprint density at radius 3 is 2.96 bits per heavy atom. The van der Waals surface area contributed by atoms with Crippen LogP contribution in [0.1, 0.15) is 49.8 Å². The molecule has 1 amide bonds. The van der Waals surface area contributed by atoms with Gasteiger partial charge in [-0.15, -0.1) is 0 Å². The second-order valence-corrected chi connectivity index (χ2v) is 6.54. The van der Waals surface area contributed by atoms with Gasteiger partial charge in [0.15, 0.2) is 0 Å². The quantitative estimate of drug-likeness (QED) is 0.914. The molecule has 124 valence electrons. The number of aromatic nitrogens is 2. The highest BCUT2D eigenvalue weighted by Gasteiger charge is 2.22. The van der Waals surface area contributed by atoms with E-state index in [-0.39, 0.29) is 18.4 Å². The number of imidazole rings is 1. The lowest BCUT2D eigenvalue weighted by atomic mass is 9.94. The Bertz CT molecular complexity index is 680. The number of aliphatic hydroxyl groups is 1. The lowest BCUT2D eigenvalue weighted by Gasteiger charge is -2.26. The maximum absolute atomic E-state index is 12.4. The van der Waals surface area contributed by atoms with Crippen LogP contribution in [0.25, 0.3) is 5.65 Å². The van der Waals surface area contributed by atoms with Crippen LogP contribution in [0.5, 0.6) is 0 Å². The highest BCUT2D eigenvalue weighted by atomic mass is 16.3. The number of carbonyl (C=O) groups excluding carboxylic acids is 1. The first-order chi connectivity index (χ1) is 11.1. The molecule has 2 atom stereocenters. The molecule has 1 aliphatic rings. The molecule has 1 saturated carbocycles. The number of amides is 1. The van der Waals surface area contributed by atoms with Crippen molar-refractivity contribution in [1.29, 1.82) is 0 Å². The highest BCUT2D eigenvalue weighted by molar-refractivity contribution is 5.78. The van der Waals surface area contributed by atoms with E-state index < -0.39 is 6.10 Å². The third-order valence-electron chi connectivity index (χ3n) is 4.73. The number of hydrogen-bond donors (Lipinski definition) is 2. The molecule has 2 N–H and O–H groups in total. The summed E-state index contributed by atoms with van der Waals surface area (Å²) in [6, 6.07) is 3.85. The van der Waals surface area contributed by atoms with Crippen molar-refractivity contribution < 1.29 is 9.90 Å². The van der Waals surface area contributed by atoms with Gasteiger partial charge in [0.25, 0.3) is 0 Å². The molecule has 1 fully saturated rings. The van der Waals surface area contributed by atoms with Crippen molar-refractivity contribution in [2.24, 2.45) is 0 Å². The molecule has 5 heteroatoms. The molecule has 5 nitrogen and oxygen atoms in total. The van der Waals surface area contributed by atoms with Gasteiger partial charge in [-0.1, -0.05) is 31.7 Å². The minimum absolute atomic E-state index is 0.0436. The summed E-state index contributed by atoms with van der Waals surface area (Å²) in [5, 5.41) is 13.2. The molecule has 2 aromatic heterocycles. The van der Waals surface area contributed by atoms with E-state index in [0.717, 1.165) is 42.6 Å². The Balaban J connectivity index is 1.67. The standard InChI is InChI=1S/C18H25N3O2/c1-13-7-6-10-21-14(12-19-18(13)21)11-17(23)20-15-8-4-2-3-5-9-16(15)22/h6-7,10,12,15-16,22H,2-5,8-9,11H2,1H3,(H,20,23)/t15-,16-/m0/s1. The van der Waals surface area contributed by atoms with Gasteiger partial charge in [0.05, 0.1) is 24.3 Å². The van der Waals surface area contributed by atoms with Crippen LogP contribution in [0, 0.1) is 6.92 Å². The predicted octanol–water partition coefficient (Wildman–Crippen LogP) is 2.39. The van der Waals surface area contributed by atoms with E-state index in [9.17, 15) is 9.90 Å². The summed E-state index contributed by atoms with van der Waals surface area (Å²) >= 11 is 0. The zero-order chi connectivity index (χ0) is 16.2. The van der Waals surface area contributed by atoms with E-state index >= 15 is 0 Å². The summed E-state index contributed by atoms with van der Waals surface area (Å²) in [6.07, 6.45) is 9.66. The van der Waals surface area contributed by atoms with Gasteiger partial charge in [0, 0.05) is 12.4 Å². The first-order valence-corrected chi connectivity index (χ1v) is 8.54. The van der Waals surface area contributed by atoms with Gasteiger partial charge in [-0.3, -0.25) is 4.79 Å². The summed E-state index contributed by atoms with van der Waals surface area (Å²) in [4.78, 5) is 16.8. The van der Waals surface area contributed by atoms with E-state index in [0.29, 0.717) is 0 Å².